The van der Waals surface area contributed by atoms with Crippen LogP contribution in [0.1, 0.15) is 23.3 Å². The standard InChI is InChI=1S/C19H18N4O2S/c24-19(16-12-26-18(22-16)14-5-2-1-3-6-14)23-10-4-7-15(11-23)25-17-8-9-20-13-21-17/h1-3,5-6,8-9,12-13,15H,4,7,10-11H2. The number of benzene rings is 1. The summed E-state index contributed by atoms with van der Waals surface area (Å²) in [6.07, 6.45) is 4.85. The molecule has 0 aliphatic carbocycles. The predicted octanol–water partition coefficient (Wildman–Crippen LogP) is 3.28. The molecule has 0 spiro atoms. The Kier molecular flexibility index (Phi) is 4.88. The van der Waals surface area contributed by atoms with E-state index in [1.807, 2.05) is 40.6 Å². The average Bonchev–Trinajstić information content (AvgIpc) is 3.19. The van der Waals surface area contributed by atoms with Crippen molar-refractivity contribution in [3.05, 3.63) is 60.0 Å². The van der Waals surface area contributed by atoms with Crippen molar-refractivity contribution in [3.8, 4) is 16.5 Å². The van der Waals surface area contributed by atoms with Crippen molar-refractivity contribution in [1.29, 1.82) is 0 Å². The van der Waals surface area contributed by atoms with Crippen molar-refractivity contribution in [2.24, 2.45) is 0 Å². The van der Waals surface area contributed by atoms with Gasteiger partial charge in [-0.2, -0.15) is 0 Å². The summed E-state index contributed by atoms with van der Waals surface area (Å²) in [7, 11) is 0. The van der Waals surface area contributed by atoms with Gasteiger partial charge in [0, 0.05) is 29.8 Å². The monoisotopic (exact) mass is 366 g/mol. The number of nitrogens with zero attached hydrogens (tertiary/aromatic N) is 4. The summed E-state index contributed by atoms with van der Waals surface area (Å²) in [5, 5.41) is 2.69. The maximum absolute atomic E-state index is 12.8. The summed E-state index contributed by atoms with van der Waals surface area (Å²) in [5.74, 6) is 0.499. The van der Waals surface area contributed by atoms with Crippen LogP contribution in [0.5, 0.6) is 5.88 Å². The topological polar surface area (TPSA) is 68.2 Å². The van der Waals surface area contributed by atoms with Gasteiger partial charge in [-0.05, 0) is 12.8 Å². The molecule has 3 heterocycles. The minimum atomic E-state index is -0.0603. The van der Waals surface area contributed by atoms with Gasteiger partial charge in [-0.15, -0.1) is 11.3 Å². The van der Waals surface area contributed by atoms with E-state index in [9.17, 15) is 4.79 Å². The summed E-state index contributed by atoms with van der Waals surface area (Å²) >= 11 is 1.49. The molecule has 1 amide bonds. The Labute approximate surface area is 155 Å². The van der Waals surface area contributed by atoms with Crippen LogP contribution < -0.4 is 4.74 Å². The van der Waals surface area contributed by atoms with Crippen molar-refractivity contribution in [3.63, 3.8) is 0 Å². The highest BCUT2D eigenvalue weighted by Crippen LogP contribution is 2.25. The molecule has 26 heavy (non-hydrogen) atoms. The number of piperidine rings is 1. The highest BCUT2D eigenvalue weighted by Gasteiger charge is 2.27. The molecule has 0 bridgehead atoms. The molecule has 1 unspecified atom stereocenters. The molecule has 1 saturated heterocycles. The number of likely N-dealkylation sites (tertiary alicyclic amines) is 1. The number of hydrogen-bond acceptors (Lipinski definition) is 6. The number of carbonyl (C=O) groups excluding carboxylic acids is 1. The van der Waals surface area contributed by atoms with Gasteiger partial charge in [-0.1, -0.05) is 30.3 Å². The van der Waals surface area contributed by atoms with Crippen LogP contribution in [0, 0.1) is 0 Å². The molecule has 1 atom stereocenters. The van der Waals surface area contributed by atoms with Crippen LogP contribution >= 0.6 is 11.3 Å². The second-order valence-electron chi connectivity index (χ2n) is 6.08. The number of amides is 1. The van der Waals surface area contributed by atoms with Gasteiger partial charge in [-0.25, -0.2) is 15.0 Å². The molecule has 6 nitrogen and oxygen atoms in total. The fourth-order valence-electron chi connectivity index (χ4n) is 2.99. The average molecular weight is 366 g/mol. The molecule has 1 fully saturated rings. The van der Waals surface area contributed by atoms with Gasteiger partial charge in [0.2, 0.25) is 5.88 Å². The largest absolute Gasteiger partial charge is 0.472 e. The molecule has 1 aliphatic heterocycles. The van der Waals surface area contributed by atoms with E-state index in [2.05, 4.69) is 15.0 Å². The van der Waals surface area contributed by atoms with E-state index in [4.69, 9.17) is 4.74 Å². The summed E-state index contributed by atoms with van der Waals surface area (Å²) in [6, 6.07) is 11.6. The lowest BCUT2D eigenvalue weighted by Crippen LogP contribution is -2.44. The SMILES string of the molecule is O=C(c1csc(-c2ccccc2)n1)N1CCCC(Oc2ccncn2)C1. The van der Waals surface area contributed by atoms with Crippen molar-refractivity contribution in [1.82, 2.24) is 19.9 Å². The minimum absolute atomic E-state index is 0.0422. The normalized spacial score (nSPS) is 17.1. The lowest BCUT2D eigenvalue weighted by Gasteiger charge is -2.32. The summed E-state index contributed by atoms with van der Waals surface area (Å²) in [4.78, 5) is 27.2. The lowest BCUT2D eigenvalue weighted by atomic mass is 10.1. The van der Waals surface area contributed by atoms with Gasteiger partial charge in [0.25, 0.3) is 5.91 Å². The summed E-state index contributed by atoms with van der Waals surface area (Å²) < 4.78 is 5.88. The van der Waals surface area contributed by atoms with Crippen LogP contribution in [0.2, 0.25) is 0 Å². The van der Waals surface area contributed by atoms with Crippen LogP contribution in [-0.4, -0.2) is 45.0 Å². The molecule has 0 N–H and O–H groups in total. The molecule has 132 valence electrons. The molecule has 0 radical (unpaired) electrons. The first kappa shape index (κ1) is 16.7. The molecule has 3 aromatic rings. The molecular weight excluding hydrogens is 348 g/mol. The molecule has 1 aromatic carbocycles. The molecule has 1 aliphatic rings. The zero-order chi connectivity index (χ0) is 17.8. The number of carbonyl (C=O) groups is 1. The smallest absolute Gasteiger partial charge is 0.273 e. The second-order valence-corrected chi connectivity index (χ2v) is 6.94. The fourth-order valence-corrected chi connectivity index (χ4v) is 3.79. The Balaban J connectivity index is 1.44. The first-order chi connectivity index (χ1) is 12.8. The zero-order valence-corrected chi connectivity index (χ0v) is 14.9. The number of ether oxygens (including phenoxy) is 1. The second kappa shape index (κ2) is 7.61. The third-order valence-electron chi connectivity index (χ3n) is 4.25. The Hall–Kier alpha value is -2.80. The maximum Gasteiger partial charge on any atom is 0.273 e. The predicted molar refractivity (Wildman–Crippen MR) is 99.1 cm³/mol. The highest BCUT2D eigenvalue weighted by molar-refractivity contribution is 7.13. The number of rotatable bonds is 4. The highest BCUT2D eigenvalue weighted by atomic mass is 32.1. The molecule has 4 rings (SSSR count). The number of hydrogen-bond donors (Lipinski definition) is 0. The van der Waals surface area contributed by atoms with Gasteiger partial charge in [0.1, 0.15) is 23.1 Å². The van der Waals surface area contributed by atoms with Crippen molar-refractivity contribution in [2.45, 2.75) is 18.9 Å². The minimum Gasteiger partial charge on any atom is -0.472 e. The molecular formula is C19H18N4O2S. The Morgan fingerprint density at radius 1 is 1.23 bits per heavy atom. The van der Waals surface area contributed by atoms with Crippen LogP contribution in [0.15, 0.2) is 54.3 Å². The first-order valence-corrected chi connectivity index (χ1v) is 9.40. The third kappa shape index (κ3) is 3.72. The van der Waals surface area contributed by atoms with Crippen molar-refractivity contribution in [2.75, 3.05) is 13.1 Å². The van der Waals surface area contributed by atoms with Gasteiger partial charge in [-0.3, -0.25) is 4.79 Å². The van der Waals surface area contributed by atoms with Crippen LogP contribution in [-0.2, 0) is 0 Å². The van der Waals surface area contributed by atoms with E-state index < -0.39 is 0 Å². The molecule has 7 heteroatoms. The third-order valence-corrected chi connectivity index (χ3v) is 5.14. The zero-order valence-electron chi connectivity index (χ0n) is 14.1. The van der Waals surface area contributed by atoms with Gasteiger partial charge < -0.3 is 9.64 Å². The van der Waals surface area contributed by atoms with E-state index in [-0.39, 0.29) is 12.0 Å². The van der Waals surface area contributed by atoms with Crippen molar-refractivity contribution >= 4 is 17.2 Å². The number of aromatic nitrogens is 3. The van der Waals surface area contributed by atoms with E-state index in [1.165, 1.54) is 17.7 Å². The van der Waals surface area contributed by atoms with Gasteiger partial charge >= 0.3 is 0 Å². The van der Waals surface area contributed by atoms with Crippen LogP contribution in [0.4, 0.5) is 0 Å². The van der Waals surface area contributed by atoms with Crippen LogP contribution in [0.25, 0.3) is 10.6 Å². The first-order valence-electron chi connectivity index (χ1n) is 8.52. The molecule has 0 saturated carbocycles. The fraction of sp³-hybridized carbons (Fsp3) is 0.263. The van der Waals surface area contributed by atoms with Gasteiger partial charge in [0.05, 0.1) is 6.54 Å². The quantitative estimate of drug-likeness (QED) is 0.709. The van der Waals surface area contributed by atoms with E-state index in [0.29, 0.717) is 18.1 Å². The van der Waals surface area contributed by atoms with Gasteiger partial charge in [0.15, 0.2) is 0 Å². The Morgan fingerprint density at radius 3 is 2.92 bits per heavy atom. The Bertz CT molecular complexity index is 870. The van der Waals surface area contributed by atoms with E-state index in [1.54, 1.807) is 12.3 Å². The van der Waals surface area contributed by atoms with E-state index in [0.717, 1.165) is 30.0 Å². The van der Waals surface area contributed by atoms with E-state index >= 15 is 0 Å². The summed E-state index contributed by atoms with van der Waals surface area (Å²) in [5.41, 5.74) is 1.52. The molecule has 2 aromatic heterocycles. The van der Waals surface area contributed by atoms with Crippen molar-refractivity contribution < 1.29 is 9.53 Å². The van der Waals surface area contributed by atoms with Crippen LogP contribution in [0.3, 0.4) is 0 Å². The maximum atomic E-state index is 12.8. The summed E-state index contributed by atoms with van der Waals surface area (Å²) in [6.45, 7) is 1.27. The lowest BCUT2D eigenvalue weighted by molar-refractivity contribution is 0.0523. The Morgan fingerprint density at radius 2 is 2.12 bits per heavy atom. The number of thiazole rings is 1.